The van der Waals surface area contributed by atoms with Crippen molar-refractivity contribution in [1.82, 2.24) is 0 Å². The fourth-order valence-corrected chi connectivity index (χ4v) is 4.62. The van der Waals surface area contributed by atoms with Crippen LogP contribution in [0.25, 0.3) is 5.76 Å². The molecule has 0 aromatic heterocycles. The smallest absolute Gasteiger partial charge is 0.337 e. The van der Waals surface area contributed by atoms with Crippen molar-refractivity contribution in [2.75, 3.05) is 7.11 Å². The number of hydrogen-bond donors (Lipinski definition) is 0. The lowest BCUT2D eigenvalue weighted by atomic mass is 9.88. The molecule has 4 rings (SSSR count). The molecule has 0 saturated carbocycles. The number of aryl methyl sites for hydroxylation is 1. The van der Waals surface area contributed by atoms with E-state index in [0.717, 1.165) is 29.5 Å². The SMILES string of the molecule is COC(=O)C1=C(Oc2ccc(Cl)c(Cl)c2)c2cc(Cl)ccc2CCC1Cc1ccc(Cl)cc1. The lowest BCUT2D eigenvalue weighted by Gasteiger charge is -2.21. The van der Waals surface area contributed by atoms with Crippen molar-refractivity contribution in [2.24, 2.45) is 5.92 Å². The lowest BCUT2D eigenvalue weighted by Crippen LogP contribution is -2.20. The van der Waals surface area contributed by atoms with Crippen LogP contribution in [0.4, 0.5) is 0 Å². The van der Waals surface area contributed by atoms with Gasteiger partial charge in [-0.1, -0.05) is 64.6 Å². The summed E-state index contributed by atoms with van der Waals surface area (Å²) in [5.41, 5.74) is 3.31. The first-order chi connectivity index (χ1) is 15.9. The molecule has 0 N–H and O–H groups in total. The van der Waals surface area contributed by atoms with Gasteiger partial charge in [0.15, 0.2) is 0 Å². The Morgan fingerprint density at radius 1 is 0.909 bits per heavy atom. The first kappa shape index (κ1) is 24.0. The van der Waals surface area contributed by atoms with Crippen LogP contribution < -0.4 is 4.74 Å². The predicted octanol–water partition coefficient (Wildman–Crippen LogP) is 8.07. The Morgan fingerprint density at radius 3 is 2.33 bits per heavy atom. The molecular formula is C26H20Cl4O3. The van der Waals surface area contributed by atoms with Gasteiger partial charge in [-0.25, -0.2) is 4.79 Å². The van der Waals surface area contributed by atoms with Crippen molar-refractivity contribution in [2.45, 2.75) is 19.3 Å². The molecule has 0 spiro atoms. The van der Waals surface area contributed by atoms with Crippen LogP contribution in [0.1, 0.15) is 23.1 Å². The second-order valence-electron chi connectivity index (χ2n) is 7.78. The number of carbonyl (C=O) groups excluding carboxylic acids is 1. The van der Waals surface area contributed by atoms with Gasteiger partial charge in [0.25, 0.3) is 0 Å². The molecular weight excluding hydrogens is 502 g/mol. The van der Waals surface area contributed by atoms with Gasteiger partial charge in [-0.05, 0) is 72.7 Å². The molecule has 3 nitrogen and oxygen atoms in total. The summed E-state index contributed by atoms with van der Waals surface area (Å²) < 4.78 is 11.5. The number of benzene rings is 3. The van der Waals surface area contributed by atoms with E-state index in [1.807, 2.05) is 42.5 Å². The maximum Gasteiger partial charge on any atom is 0.337 e. The highest BCUT2D eigenvalue weighted by molar-refractivity contribution is 6.42. The van der Waals surface area contributed by atoms with Crippen molar-refractivity contribution in [3.63, 3.8) is 0 Å². The number of methoxy groups -OCH3 is 1. The zero-order valence-electron chi connectivity index (χ0n) is 17.7. The van der Waals surface area contributed by atoms with Gasteiger partial charge < -0.3 is 9.47 Å². The molecule has 0 saturated heterocycles. The molecule has 0 fully saturated rings. The molecule has 1 aliphatic rings. The Hall–Kier alpha value is -2.17. The number of esters is 1. The molecule has 0 bridgehead atoms. The monoisotopic (exact) mass is 520 g/mol. The molecule has 3 aromatic carbocycles. The fourth-order valence-electron chi connectivity index (χ4n) is 4.03. The van der Waals surface area contributed by atoms with Gasteiger partial charge in [0.05, 0.1) is 22.7 Å². The normalized spacial score (nSPS) is 15.6. The van der Waals surface area contributed by atoms with E-state index < -0.39 is 5.97 Å². The minimum Gasteiger partial charge on any atom is -0.466 e. The molecule has 1 aliphatic carbocycles. The molecule has 0 amide bonds. The third kappa shape index (κ3) is 5.50. The topological polar surface area (TPSA) is 35.5 Å². The maximum atomic E-state index is 13.1. The molecule has 7 heteroatoms. The number of fused-ring (bicyclic) bond motifs is 1. The third-order valence-electron chi connectivity index (χ3n) is 5.64. The second kappa shape index (κ2) is 10.4. The van der Waals surface area contributed by atoms with Crippen LogP contribution in [0, 0.1) is 5.92 Å². The predicted molar refractivity (Wildman–Crippen MR) is 134 cm³/mol. The summed E-state index contributed by atoms with van der Waals surface area (Å²) in [6.45, 7) is 0. The van der Waals surface area contributed by atoms with Crippen LogP contribution in [0.3, 0.4) is 0 Å². The van der Waals surface area contributed by atoms with E-state index in [0.29, 0.717) is 43.6 Å². The first-order valence-corrected chi connectivity index (χ1v) is 11.9. The second-order valence-corrected chi connectivity index (χ2v) is 9.47. The Kier molecular flexibility index (Phi) is 7.55. The Morgan fingerprint density at radius 2 is 1.64 bits per heavy atom. The zero-order chi connectivity index (χ0) is 23.5. The summed E-state index contributed by atoms with van der Waals surface area (Å²) in [7, 11) is 1.37. The van der Waals surface area contributed by atoms with Crippen LogP contribution in [0.5, 0.6) is 5.75 Å². The standard InChI is InChI=1S/C26H20Cl4O3/c1-32-26(31)24-17(12-15-2-7-18(27)8-3-15)5-4-16-6-9-19(28)13-21(16)25(24)33-20-10-11-22(29)23(30)14-20/h2-3,6-11,13-14,17H,4-5,12H2,1H3. The molecule has 3 aromatic rings. The molecule has 1 unspecified atom stereocenters. The molecule has 0 heterocycles. The van der Waals surface area contributed by atoms with Crippen LogP contribution >= 0.6 is 46.4 Å². The van der Waals surface area contributed by atoms with E-state index in [4.69, 9.17) is 55.9 Å². The van der Waals surface area contributed by atoms with Gasteiger partial charge in [-0.3, -0.25) is 0 Å². The van der Waals surface area contributed by atoms with Crippen molar-refractivity contribution >= 4 is 58.1 Å². The molecule has 170 valence electrons. The number of halogens is 4. The first-order valence-electron chi connectivity index (χ1n) is 10.3. The minimum atomic E-state index is -0.447. The zero-order valence-corrected chi connectivity index (χ0v) is 20.7. The molecule has 0 aliphatic heterocycles. The van der Waals surface area contributed by atoms with Crippen LogP contribution in [-0.2, 0) is 22.4 Å². The van der Waals surface area contributed by atoms with Gasteiger partial charge in [0.2, 0.25) is 0 Å². The van der Waals surface area contributed by atoms with Crippen molar-refractivity contribution < 1.29 is 14.3 Å². The Labute approximate surface area is 212 Å². The summed E-state index contributed by atoms with van der Waals surface area (Å²) in [6.07, 6.45) is 2.10. The number of ether oxygens (including phenoxy) is 2. The van der Waals surface area contributed by atoms with E-state index in [1.54, 1.807) is 18.2 Å². The average Bonchev–Trinajstić information content (AvgIpc) is 2.94. The summed E-state index contributed by atoms with van der Waals surface area (Å²) >= 11 is 24.7. The van der Waals surface area contributed by atoms with E-state index in [1.165, 1.54) is 7.11 Å². The van der Waals surface area contributed by atoms with Gasteiger partial charge in [0.1, 0.15) is 11.5 Å². The molecule has 0 radical (unpaired) electrons. The van der Waals surface area contributed by atoms with Gasteiger partial charge in [0, 0.05) is 21.7 Å². The van der Waals surface area contributed by atoms with E-state index in [9.17, 15) is 4.79 Å². The molecule has 33 heavy (non-hydrogen) atoms. The van der Waals surface area contributed by atoms with Crippen LogP contribution in [0.15, 0.2) is 66.2 Å². The number of rotatable bonds is 5. The quantitative estimate of drug-likeness (QED) is 0.318. The van der Waals surface area contributed by atoms with Gasteiger partial charge >= 0.3 is 5.97 Å². The van der Waals surface area contributed by atoms with E-state index in [2.05, 4.69) is 0 Å². The summed E-state index contributed by atoms with van der Waals surface area (Å²) in [5.74, 6) is 0.271. The molecule has 1 atom stereocenters. The fraction of sp³-hybridized carbons (Fsp3) is 0.192. The van der Waals surface area contributed by atoms with Crippen molar-refractivity contribution in [3.05, 3.63) is 103 Å². The summed E-state index contributed by atoms with van der Waals surface area (Å²) in [6, 6.07) is 18.2. The average molecular weight is 522 g/mol. The maximum absolute atomic E-state index is 13.1. The summed E-state index contributed by atoms with van der Waals surface area (Å²) in [5, 5.41) is 1.97. The number of carbonyl (C=O) groups is 1. The highest BCUT2D eigenvalue weighted by Gasteiger charge is 2.32. The van der Waals surface area contributed by atoms with Crippen LogP contribution in [-0.4, -0.2) is 13.1 Å². The van der Waals surface area contributed by atoms with E-state index >= 15 is 0 Å². The van der Waals surface area contributed by atoms with Crippen molar-refractivity contribution in [3.8, 4) is 5.75 Å². The van der Waals surface area contributed by atoms with Gasteiger partial charge in [-0.15, -0.1) is 0 Å². The Bertz CT molecular complexity index is 1220. The Balaban J connectivity index is 1.87. The van der Waals surface area contributed by atoms with Gasteiger partial charge in [-0.2, -0.15) is 0 Å². The largest absolute Gasteiger partial charge is 0.466 e. The third-order valence-corrected chi connectivity index (χ3v) is 6.87. The lowest BCUT2D eigenvalue weighted by molar-refractivity contribution is -0.136. The highest BCUT2D eigenvalue weighted by Crippen LogP contribution is 2.39. The highest BCUT2D eigenvalue weighted by atomic mass is 35.5. The number of hydrogen-bond acceptors (Lipinski definition) is 3. The van der Waals surface area contributed by atoms with Crippen LogP contribution in [0.2, 0.25) is 20.1 Å². The summed E-state index contributed by atoms with van der Waals surface area (Å²) in [4.78, 5) is 13.1. The van der Waals surface area contributed by atoms with E-state index in [-0.39, 0.29) is 5.92 Å². The van der Waals surface area contributed by atoms with Crippen molar-refractivity contribution in [1.29, 1.82) is 0 Å². The minimum absolute atomic E-state index is 0.150.